The molecule has 2 rings (SSSR count). The van der Waals surface area contributed by atoms with Crippen molar-refractivity contribution in [3.05, 3.63) is 71.0 Å². The molecule has 1 aromatic heterocycles. The molecule has 5 heteroatoms. The number of allylic oxidation sites excluding steroid dienone is 1. The van der Waals surface area contributed by atoms with Crippen molar-refractivity contribution in [2.24, 2.45) is 11.8 Å². The van der Waals surface area contributed by atoms with E-state index in [4.69, 9.17) is 0 Å². The Hall–Kier alpha value is -1.95. The van der Waals surface area contributed by atoms with Crippen molar-refractivity contribution in [2.45, 2.75) is 38.9 Å². The van der Waals surface area contributed by atoms with Crippen molar-refractivity contribution in [3.8, 4) is 5.75 Å². The molecule has 0 saturated carbocycles. The maximum atomic E-state index is 10.7. The standard InChI is InChI=1S/C23H28BrNO3/c1-4-19(23(28)15(2)3)22(27)10-8-16(20-7-5-6-12-25-20)13-17-14-18(24)9-11-21(17)26/h4-7,9,11-15,19,22-23,26-28H,1,8,10H2,2-3H3/b16-13-/t19-,22-,23-/m1/s1. The van der Waals surface area contributed by atoms with E-state index in [1.54, 1.807) is 24.4 Å². The molecule has 0 spiro atoms. The van der Waals surface area contributed by atoms with Crippen molar-refractivity contribution in [1.82, 2.24) is 4.98 Å². The molecule has 0 amide bonds. The highest BCUT2D eigenvalue weighted by Gasteiger charge is 2.26. The molecule has 150 valence electrons. The summed E-state index contributed by atoms with van der Waals surface area (Å²) in [5, 5.41) is 31.2. The van der Waals surface area contributed by atoms with E-state index in [0.29, 0.717) is 18.4 Å². The van der Waals surface area contributed by atoms with Gasteiger partial charge in [-0.1, -0.05) is 41.9 Å². The predicted octanol–water partition coefficient (Wildman–Crippen LogP) is 5.05. The highest BCUT2D eigenvalue weighted by atomic mass is 79.9. The van der Waals surface area contributed by atoms with Crippen LogP contribution >= 0.6 is 15.9 Å². The molecule has 0 saturated heterocycles. The summed E-state index contributed by atoms with van der Waals surface area (Å²) in [7, 11) is 0. The third-order valence-corrected chi connectivity index (χ3v) is 5.31. The predicted molar refractivity (Wildman–Crippen MR) is 118 cm³/mol. The molecule has 1 aromatic carbocycles. The van der Waals surface area contributed by atoms with Crippen LogP contribution in [0.2, 0.25) is 0 Å². The van der Waals surface area contributed by atoms with Gasteiger partial charge in [0.15, 0.2) is 0 Å². The average molecular weight is 446 g/mol. The summed E-state index contributed by atoms with van der Waals surface area (Å²) in [5.41, 5.74) is 2.36. The molecule has 0 unspecified atom stereocenters. The number of aliphatic hydroxyl groups is 2. The molecule has 0 bridgehead atoms. The van der Waals surface area contributed by atoms with Crippen LogP contribution in [0, 0.1) is 11.8 Å². The summed E-state index contributed by atoms with van der Waals surface area (Å²) in [5.74, 6) is -0.192. The number of aliphatic hydroxyl groups excluding tert-OH is 2. The highest BCUT2D eigenvalue weighted by molar-refractivity contribution is 9.10. The van der Waals surface area contributed by atoms with Crippen molar-refractivity contribution < 1.29 is 15.3 Å². The molecular formula is C23H28BrNO3. The molecule has 0 aliphatic carbocycles. The summed E-state index contributed by atoms with van der Waals surface area (Å²) in [4.78, 5) is 4.42. The van der Waals surface area contributed by atoms with Gasteiger partial charge in [-0.3, -0.25) is 4.98 Å². The fourth-order valence-electron chi connectivity index (χ4n) is 3.12. The zero-order valence-corrected chi connectivity index (χ0v) is 17.9. The van der Waals surface area contributed by atoms with Crippen molar-refractivity contribution >= 4 is 27.6 Å². The largest absolute Gasteiger partial charge is 0.507 e. The molecule has 4 nitrogen and oxygen atoms in total. The molecule has 3 atom stereocenters. The second-order valence-electron chi connectivity index (χ2n) is 7.24. The molecule has 0 aliphatic heterocycles. The van der Waals surface area contributed by atoms with E-state index in [2.05, 4.69) is 27.5 Å². The van der Waals surface area contributed by atoms with Crippen LogP contribution in [0.3, 0.4) is 0 Å². The van der Waals surface area contributed by atoms with Crippen LogP contribution < -0.4 is 0 Å². The zero-order chi connectivity index (χ0) is 20.7. The van der Waals surface area contributed by atoms with Crippen molar-refractivity contribution in [1.29, 1.82) is 0 Å². The fraction of sp³-hybridized carbons (Fsp3) is 0.348. The van der Waals surface area contributed by atoms with Crippen LogP contribution in [-0.4, -0.2) is 32.5 Å². The SMILES string of the molecule is C=C[C@H]([C@H](O)CC/C(=C/c1cc(Br)ccc1O)c1ccccn1)[C@H](O)C(C)C. The number of benzene rings is 1. The number of nitrogens with zero attached hydrogens (tertiary/aromatic N) is 1. The lowest BCUT2D eigenvalue weighted by molar-refractivity contribution is 0.00938. The van der Waals surface area contributed by atoms with E-state index in [1.807, 2.05) is 44.2 Å². The summed E-state index contributed by atoms with van der Waals surface area (Å²) >= 11 is 3.43. The molecule has 2 aromatic rings. The van der Waals surface area contributed by atoms with Crippen molar-refractivity contribution in [2.75, 3.05) is 0 Å². The molecule has 0 aliphatic rings. The summed E-state index contributed by atoms with van der Waals surface area (Å²) < 4.78 is 0.865. The van der Waals surface area contributed by atoms with E-state index in [1.165, 1.54) is 0 Å². The van der Waals surface area contributed by atoms with Crippen LogP contribution in [0.5, 0.6) is 5.75 Å². The van der Waals surface area contributed by atoms with Crippen LogP contribution in [0.15, 0.2) is 59.7 Å². The maximum absolute atomic E-state index is 10.7. The van der Waals surface area contributed by atoms with Crippen LogP contribution in [0.4, 0.5) is 0 Å². The Bertz CT molecular complexity index is 805. The molecule has 0 fully saturated rings. The third-order valence-electron chi connectivity index (χ3n) is 4.82. The Labute approximate surface area is 175 Å². The average Bonchev–Trinajstić information content (AvgIpc) is 2.68. The first-order valence-electron chi connectivity index (χ1n) is 9.42. The van der Waals surface area contributed by atoms with Gasteiger partial charge in [-0.25, -0.2) is 0 Å². The Morgan fingerprint density at radius 1 is 1.21 bits per heavy atom. The lowest BCUT2D eigenvalue weighted by atomic mass is 9.86. The first kappa shape index (κ1) is 22.3. The van der Waals surface area contributed by atoms with Gasteiger partial charge in [-0.15, -0.1) is 6.58 Å². The van der Waals surface area contributed by atoms with E-state index in [-0.39, 0.29) is 11.7 Å². The fourth-order valence-corrected chi connectivity index (χ4v) is 3.50. The monoisotopic (exact) mass is 445 g/mol. The molecular weight excluding hydrogens is 418 g/mol. The van der Waals surface area contributed by atoms with Gasteiger partial charge in [0.1, 0.15) is 5.75 Å². The van der Waals surface area contributed by atoms with Crippen LogP contribution in [0.1, 0.15) is 37.9 Å². The Morgan fingerprint density at radius 3 is 2.57 bits per heavy atom. The Kier molecular flexibility index (Phi) is 8.42. The van der Waals surface area contributed by atoms with Gasteiger partial charge in [-0.05, 0) is 60.7 Å². The van der Waals surface area contributed by atoms with Gasteiger partial charge in [0.05, 0.1) is 17.9 Å². The van der Waals surface area contributed by atoms with E-state index >= 15 is 0 Å². The van der Waals surface area contributed by atoms with Gasteiger partial charge in [-0.2, -0.15) is 0 Å². The van der Waals surface area contributed by atoms with Gasteiger partial charge in [0, 0.05) is 22.2 Å². The highest BCUT2D eigenvalue weighted by Crippen LogP contribution is 2.30. The van der Waals surface area contributed by atoms with E-state index in [9.17, 15) is 15.3 Å². The summed E-state index contributed by atoms with van der Waals surface area (Å²) in [6, 6.07) is 10.9. The van der Waals surface area contributed by atoms with E-state index < -0.39 is 18.1 Å². The number of hydrogen-bond acceptors (Lipinski definition) is 4. The second kappa shape index (κ2) is 10.6. The first-order chi connectivity index (χ1) is 13.3. The number of phenolic OH excluding ortho intramolecular Hbond substituents is 1. The Morgan fingerprint density at radius 2 is 1.96 bits per heavy atom. The number of halogens is 1. The third kappa shape index (κ3) is 6.03. The first-order valence-corrected chi connectivity index (χ1v) is 10.2. The van der Waals surface area contributed by atoms with E-state index in [0.717, 1.165) is 15.7 Å². The minimum atomic E-state index is -0.724. The van der Waals surface area contributed by atoms with Crippen LogP contribution in [-0.2, 0) is 0 Å². The maximum Gasteiger partial charge on any atom is 0.122 e. The molecule has 3 N–H and O–H groups in total. The number of aromatic nitrogens is 1. The molecule has 28 heavy (non-hydrogen) atoms. The van der Waals surface area contributed by atoms with Crippen LogP contribution in [0.25, 0.3) is 11.6 Å². The minimum Gasteiger partial charge on any atom is -0.507 e. The van der Waals surface area contributed by atoms with Gasteiger partial charge < -0.3 is 15.3 Å². The number of hydrogen-bond donors (Lipinski definition) is 3. The zero-order valence-electron chi connectivity index (χ0n) is 16.3. The summed E-state index contributed by atoms with van der Waals surface area (Å²) in [6.07, 6.45) is 4.84. The Balaban J connectivity index is 2.27. The second-order valence-corrected chi connectivity index (χ2v) is 8.16. The number of aromatic hydroxyl groups is 1. The lowest BCUT2D eigenvalue weighted by Gasteiger charge is -2.27. The van der Waals surface area contributed by atoms with Crippen molar-refractivity contribution in [3.63, 3.8) is 0 Å². The van der Waals surface area contributed by atoms with Gasteiger partial charge in [0.2, 0.25) is 0 Å². The van der Waals surface area contributed by atoms with Gasteiger partial charge in [0.25, 0.3) is 0 Å². The number of rotatable bonds is 9. The number of phenols is 1. The molecule has 0 radical (unpaired) electrons. The normalized spacial score (nSPS) is 15.3. The number of pyridine rings is 1. The lowest BCUT2D eigenvalue weighted by Crippen LogP contribution is -2.33. The quantitative estimate of drug-likeness (QED) is 0.472. The van der Waals surface area contributed by atoms with Gasteiger partial charge >= 0.3 is 0 Å². The smallest absolute Gasteiger partial charge is 0.122 e. The minimum absolute atomic E-state index is 0.0297. The summed E-state index contributed by atoms with van der Waals surface area (Å²) in [6.45, 7) is 7.61. The topological polar surface area (TPSA) is 73.6 Å². The molecule has 1 heterocycles.